The number of likely N-dealkylation sites (N-methyl/N-ethyl adjacent to an activating group) is 2. The van der Waals surface area contributed by atoms with E-state index in [0.717, 1.165) is 32.6 Å². The van der Waals surface area contributed by atoms with Crippen LogP contribution in [-0.4, -0.2) is 72.9 Å². The fourth-order valence-corrected chi connectivity index (χ4v) is 2.64. The molecule has 5 nitrogen and oxygen atoms in total. The zero-order valence-corrected chi connectivity index (χ0v) is 15.6. The van der Waals surface area contributed by atoms with Crippen LogP contribution in [0.1, 0.15) is 30.7 Å². The fourth-order valence-electron chi connectivity index (χ4n) is 2.64. The van der Waals surface area contributed by atoms with Gasteiger partial charge in [0.05, 0.1) is 6.54 Å². The van der Waals surface area contributed by atoms with Crippen molar-refractivity contribution in [3.05, 3.63) is 29.1 Å². The molecule has 2 heterocycles. The number of hydrogen-bond donors (Lipinski definition) is 0. The van der Waals surface area contributed by atoms with Crippen molar-refractivity contribution >= 4 is 5.91 Å². The number of pyridine rings is 1. The Labute approximate surface area is 141 Å². The second kappa shape index (κ2) is 9.63. The predicted molar refractivity (Wildman–Crippen MR) is 95.5 cm³/mol. The van der Waals surface area contributed by atoms with E-state index in [9.17, 15) is 4.79 Å². The van der Waals surface area contributed by atoms with Crippen LogP contribution >= 0.6 is 0 Å². The summed E-state index contributed by atoms with van der Waals surface area (Å²) in [7, 11) is 5.72. The summed E-state index contributed by atoms with van der Waals surface area (Å²) in [6.07, 6.45) is 2.91. The first-order valence-corrected chi connectivity index (χ1v) is 8.51. The minimum absolute atomic E-state index is 0.176. The van der Waals surface area contributed by atoms with E-state index in [1.807, 2.05) is 51.0 Å². The highest BCUT2D eigenvalue weighted by atomic mass is 16.2. The smallest absolute Gasteiger partial charge is 0.236 e. The van der Waals surface area contributed by atoms with Gasteiger partial charge in [-0.15, -0.1) is 0 Å². The molecule has 2 rings (SSSR count). The van der Waals surface area contributed by atoms with Crippen LogP contribution < -0.4 is 0 Å². The number of carbonyl (C=O) groups excluding carboxylic acids is 1. The van der Waals surface area contributed by atoms with E-state index in [2.05, 4.69) is 22.9 Å². The Kier molecular flexibility index (Phi) is 8.20. The number of carbonyl (C=O) groups is 1. The van der Waals surface area contributed by atoms with Crippen molar-refractivity contribution in [3.8, 4) is 0 Å². The molecule has 23 heavy (non-hydrogen) atoms. The van der Waals surface area contributed by atoms with Crippen LogP contribution in [0.15, 0.2) is 12.3 Å². The molecule has 0 unspecified atom stereocenters. The maximum atomic E-state index is 11.9. The van der Waals surface area contributed by atoms with Crippen molar-refractivity contribution in [3.63, 3.8) is 0 Å². The number of hydrogen-bond acceptors (Lipinski definition) is 4. The molecule has 0 radical (unpaired) electrons. The quantitative estimate of drug-likeness (QED) is 0.829. The zero-order valence-electron chi connectivity index (χ0n) is 15.6. The predicted octanol–water partition coefficient (Wildman–Crippen LogP) is 1.79. The topological polar surface area (TPSA) is 39.7 Å². The maximum Gasteiger partial charge on any atom is 0.236 e. The van der Waals surface area contributed by atoms with E-state index >= 15 is 0 Å². The average Bonchev–Trinajstić information content (AvgIpc) is 2.54. The average molecular weight is 320 g/mol. The number of nitrogens with zero attached hydrogens (tertiary/aromatic N) is 4. The Bertz CT molecular complexity index is 502. The molecule has 1 aliphatic heterocycles. The highest BCUT2D eigenvalue weighted by Gasteiger charge is 2.19. The molecule has 0 spiro atoms. The van der Waals surface area contributed by atoms with E-state index in [1.54, 1.807) is 0 Å². The largest absolute Gasteiger partial charge is 0.343 e. The lowest BCUT2D eigenvalue weighted by molar-refractivity contribution is -0.130. The third kappa shape index (κ3) is 5.92. The Morgan fingerprint density at radius 2 is 2.00 bits per heavy atom. The van der Waals surface area contributed by atoms with Crippen LogP contribution in [0.4, 0.5) is 0 Å². The first-order chi connectivity index (χ1) is 11.0. The maximum absolute atomic E-state index is 11.9. The fraction of sp³-hybridized carbons (Fsp3) is 0.667. The van der Waals surface area contributed by atoms with Crippen molar-refractivity contribution in [2.24, 2.45) is 0 Å². The van der Waals surface area contributed by atoms with Gasteiger partial charge in [0.25, 0.3) is 0 Å². The normalized spacial score (nSPS) is 14.0. The van der Waals surface area contributed by atoms with Gasteiger partial charge in [0.1, 0.15) is 0 Å². The van der Waals surface area contributed by atoms with E-state index in [4.69, 9.17) is 0 Å². The van der Waals surface area contributed by atoms with Gasteiger partial charge in [-0.25, -0.2) is 0 Å². The van der Waals surface area contributed by atoms with Gasteiger partial charge < -0.3 is 9.80 Å². The molecule has 0 N–H and O–H groups in total. The van der Waals surface area contributed by atoms with E-state index < -0.39 is 0 Å². The molecule has 0 aliphatic carbocycles. The van der Waals surface area contributed by atoms with Crippen LogP contribution in [0, 0.1) is 6.92 Å². The lowest BCUT2D eigenvalue weighted by Gasteiger charge is -2.30. The molecule has 0 fully saturated rings. The summed E-state index contributed by atoms with van der Waals surface area (Å²) < 4.78 is 0. The number of rotatable bonds is 5. The molecule has 0 aromatic carbocycles. The van der Waals surface area contributed by atoms with Crippen molar-refractivity contribution in [2.75, 3.05) is 47.3 Å². The molecule has 5 heteroatoms. The van der Waals surface area contributed by atoms with Crippen LogP contribution in [0.3, 0.4) is 0 Å². The summed E-state index contributed by atoms with van der Waals surface area (Å²) in [6.45, 7) is 10.3. The van der Waals surface area contributed by atoms with Crippen molar-refractivity contribution in [1.82, 2.24) is 19.7 Å². The molecule has 0 saturated carbocycles. The first kappa shape index (κ1) is 19.6. The van der Waals surface area contributed by atoms with E-state index in [-0.39, 0.29) is 5.91 Å². The lowest BCUT2D eigenvalue weighted by Crippen LogP contribution is -2.41. The Hall–Kier alpha value is -1.46. The summed E-state index contributed by atoms with van der Waals surface area (Å²) in [4.78, 5) is 22.6. The van der Waals surface area contributed by atoms with Crippen molar-refractivity contribution in [1.29, 1.82) is 0 Å². The monoisotopic (exact) mass is 320 g/mol. The number of fused-ring (bicyclic) bond motifs is 1. The van der Waals surface area contributed by atoms with Crippen LogP contribution in [0.5, 0.6) is 0 Å². The highest BCUT2D eigenvalue weighted by Crippen LogP contribution is 2.19. The van der Waals surface area contributed by atoms with Crippen LogP contribution in [0.2, 0.25) is 0 Å². The van der Waals surface area contributed by atoms with Gasteiger partial charge in [-0.1, -0.05) is 13.8 Å². The molecule has 0 bridgehead atoms. The SMILES string of the molecule is CC.Cc1ccnc2c1CN(CCN(C)C(=O)CN(C)C)CC2. The van der Waals surface area contributed by atoms with E-state index in [1.165, 1.54) is 16.8 Å². The molecule has 1 aliphatic rings. The minimum Gasteiger partial charge on any atom is -0.343 e. The third-order valence-corrected chi connectivity index (χ3v) is 4.05. The van der Waals surface area contributed by atoms with Gasteiger partial charge in [-0.05, 0) is 38.2 Å². The first-order valence-electron chi connectivity index (χ1n) is 8.51. The standard InChI is InChI=1S/C16H26N4O.C2H6/c1-13-5-7-17-15-6-8-20(11-14(13)15)10-9-19(4)16(21)12-18(2)3;1-2/h5,7H,6,8-12H2,1-4H3;1-2H3. The minimum atomic E-state index is 0.176. The summed E-state index contributed by atoms with van der Waals surface area (Å²) in [5, 5.41) is 0. The van der Waals surface area contributed by atoms with Gasteiger partial charge in [0.15, 0.2) is 0 Å². The summed E-state index contributed by atoms with van der Waals surface area (Å²) >= 11 is 0. The Balaban J connectivity index is 0.00000127. The highest BCUT2D eigenvalue weighted by molar-refractivity contribution is 5.77. The lowest BCUT2D eigenvalue weighted by atomic mass is 10.0. The van der Waals surface area contributed by atoms with E-state index in [0.29, 0.717) is 6.54 Å². The Morgan fingerprint density at radius 3 is 2.65 bits per heavy atom. The van der Waals surface area contributed by atoms with Crippen molar-refractivity contribution < 1.29 is 4.79 Å². The van der Waals surface area contributed by atoms with Crippen LogP contribution in [-0.2, 0) is 17.8 Å². The third-order valence-electron chi connectivity index (χ3n) is 4.05. The van der Waals surface area contributed by atoms with Gasteiger partial charge in [0, 0.05) is 51.5 Å². The Morgan fingerprint density at radius 1 is 1.30 bits per heavy atom. The number of aryl methyl sites for hydroxylation is 1. The molecular weight excluding hydrogens is 288 g/mol. The zero-order chi connectivity index (χ0) is 17.4. The van der Waals surface area contributed by atoms with Crippen molar-refractivity contribution in [2.45, 2.75) is 33.7 Å². The van der Waals surface area contributed by atoms with Gasteiger partial charge in [-0.2, -0.15) is 0 Å². The molecule has 0 atom stereocenters. The molecular formula is C18H32N4O. The second-order valence-electron chi connectivity index (χ2n) is 6.13. The second-order valence-corrected chi connectivity index (χ2v) is 6.13. The number of aromatic nitrogens is 1. The molecule has 1 amide bonds. The molecule has 130 valence electrons. The summed E-state index contributed by atoms with van der Waals surface area (Å²) in [5.41, 5.74) is 3.93. The van der Waals surface area contributed by atoms with Gasteiger partial charge in [0.2, 0.25) is 5.91 Å². The molecule has 0 saturated heterocycles. The molecule has 1 aromatic rings. The van der Waals surface area contributed by atoms with Gasteiger partial charge in [-0.3, -0.25) is 14.7 Å². The van der Waals surface area contributed by atoms with Gasteiger partial charge >= 0.3 is 0 Å². The number of amides is 1. The molecule has 1 aromatic heterocycles. The summed E-state index contributed by atoms with van der Waals surface area (Å²) in [6, 6.07) is 2.08. The van der Waals surface area contributed by atoms with Crippen LogP contribution in [0.25, 0.3) is 0 Å². The summed E-state index contributed by atoms with van der Waals surface area (Å²) in [5.74, 6) is 0.176.